The molecule has 0 aliphatic heterocycles. The van der Waals surface area contributed by atoms with E-state index in [1.165, 1.54) is 22.3 Å². The van der Waals surface area contributed by atoms with Crippen LogP contribution in [-0.2, 0) is 6.42 Å². The van der Waals surface area contributed by atoms with Crippen LogP contribution in [0.4, 0.5) is 0 Å². The van der Waals surface area contributed by atoms with Gasteiger partial charge < -0.3 is 0 Å². The van der Waals surface area contributed by atoms with Crippen molar-refractivity contribution in [3.63, 3.8) is 0 Å². The van der Waals surface area contributed by atoms with Crippen LogP contribution in [0, 0.1) is 0 Å². The second-order valence-corrected chi connectivity index (χ2v) is 12.9. The van der Waals surface area contributed by atoms with Crippen molar-refractivity contribution in [2.45, 2.75) is 45.3 Å². The predicted molar refractivity (Wildman–Crippen MR) is 91.5 cm³/mol. The Morgan fingerprint density at radius 2 is 1.50 bits per heavy atom. The van der Waals surface area contributed by atoms with Gasteiger partial charge in [-0.1, -0.05) is 81.5 Å². The minimum Gasteiger partial charge on any atom is -0.0651 e. The van der Waals surface area contributed by atoms with Gasteiger partial charge >= 0.3 is 0 Å². The molecule has 1 aliphatic carbocycles. The highest BCUT2D eigenvalue weighted by Gasteiger charge is 2.37. The van der Waals surface area contributed by atoms with Crippen LogP contribution in [0.25, 0.3) is 11.1 Å². The molecule has 1 aliphatic rings. The van der Waals surface area contributed by atoms with E-state index in [-0.39, 0.29) is 0 Å². The molecule has 2 aromatic rings. The van der Waals surface area contributed by atoms with Crippen LogP contribution in [0.3, 0.4) is 0 Å². The van der Waals surface area contributed by atoms with Crippen LogP contribution in [0.5, 0.6) is 0 Å². The predicted octanol–water partition coefficient (Wildman–Crippen LogP) is 4.97. The highest BCUT2D eigenvalue weighted by atomic mass is 28.3. The summed E-state index contributed by atoms with van der Waals surface area (Å²) in [5.74, 6) is 0. The monoisotopic (exact) mass is 280 g/mol. The fraction of sp³-hybridized carbons (Fsp3) is 0.368. The Morgan fingerprint density at radius 1 is 0.850 bits per heavy atom. The molecule has 2 aromatic carbocycles. The lowest BCUT2D eigenvalue weighted by Gasteiger charge is -2.37. The van der Waals surface area contributed by atoms with Crippen molar-refractivity contribution in [2.75, 3.05) is 0 Å². The second kappa shape index (κ2) is 4.32. The van der Waals surface area contributed by atoms with Crippen LogP contribution in [-0.4, -0.2) is 8.07 Å². The summed E-state index contributed by atoms with van der Waals surface area (Å²) >= 11 is 0. The molecule has 0 amide bonds. The van der Waals surface area contributed by atoms with Crippen LogP contribution < -0.4 is 5.19 Å². The van der Waals surface area contributed by atoms with Gasteiger partial charge in [0.25, 0.3) is 0 Å². The molecule has 20 heavy (non-hydrogen) atoms. The Labute approximate surface area is 123 Å². The number of hydrogen-bond donors (Lipinski definition) is 0. The summed E-state index contributed by atoms with van der Waals surface area (Å²) < 4.78 is 0. The molecule has 0 N–H and O–H groups in total. The van der Waals surface area contributed by atoms with E-state index in [1.807, 2.05) is 0 Å². The van der Waals surface area contributed by atoms with Gasteiger partial charge in [0.05, 0.1) is 8.07 Å². The van der Waals surface area contributed by atoms with Crippen LogP contribution in [0.1, 0.15) is 31.9 Å². The summed E-state index contributed by atoms with van der Waals surface area (Å²) in [5, 5.41) is 1.99. The molecule has 0 nitrogen and oxygen atoms in total. The number of fused-ring (bicyclic) bond motifs is 3. The minimum absolute atomic E-state index is 0.396. The van der Waals surface area contributed by atoms with E-state index < -0.39 is 8.07 Å². The van der Waals surface area contributed by atoms with Gasteiger partial charge in [-0.2, -0.15) is 0 Å². The molecule has 1 heteroatoms. The maximum atomic E-state index is 2.50. The number of hydrogen-bond acceptors (Lipinski definition) is 0. The molecule has 0 saturated heterocycles. The first kappa shape index (κ1) is 13.6. The van der Waals surface area contributed by atoms with Crippen molar-refractivity contribution >= 4 is 13.3 Å². The van der Waals surface area contributed by atoms with Crippen molar-refractivity contribution in [1.82, 2.24) is 0 Å². The summed E-state index contributed by atoms with van der Waals surface area (Å²) in [6.45, 7) is 12.2. The third kappa shape index (κ3) is 1.96. The summed E-state index contributed by atoms with van der Waals surface area (Å²) in [5.41, 5.74) is 5.88. The Bertz CT molecular complexity index is 660. The van der Waals surface area contributed by atoms with Crippen LogP contribution >= 0.6 is 0 Å². The largest absolute Gasteiger partial charge is 0.0859 e. The van der Waals surface area contributed by atoms with Gasteiger partial charge in [-0.05, 0) is 33.7 Å². The topological polar surface area (TPSA) is 0 Å². The Balaban J connectivity index is 2.08. The molecule has 0 radical (unpaired) electrons. The average molecular weight is 280 g/mol. The van der Waals surface area contributed by atoms with Gasteiger partial charge in [0, 0.05) is 0 Å². The van der Waals surface area contributed by atoms with E-state index in [1.54, 1.807) is 5.19 Å². The van der Waals surface area contributed by atoms with Crippen molar-refractivity contribution < 1.29 is 0 Å². The Hall–Kier alpha value is -1.34. The lowest BCUT2D eigenvalue weighted by atomic mass is 10.1. The molecule has 0 spiro atoms. The van der Waals surface area contributed by atoms with Crippen molar-refractivity contribution in [2.24, 2.45) is 0 Å². The third-order valence-electron chi connectivity index (χ3n) is 5.39. The zero-order chi connectivity index (χ0) is 14.5. The van der Waals surface area contributed by atoms with E-state index in [9.17, 15) is 0 Å². The first-order valence-corrected chi connectivity index (χ1v) is 10.5. The molecule has 3 rings (SSSR count). The maximum Gasteiger partial charge on any atom is 0.0859 e. The fourth-order valence-corrected chi connectivity index (χ4v) is 4.87. The standard InChI is InChI=1S/C19H24Si/c1-19(2,3)20(4,5)16-10-11-18-15(13-16)12-14-8-6-7-9-17(14)18/h6-11,13H,12H2,1-5H3. The lowest BCUT2D eigenvalue weighted by molar-refractivity contribution is 0.729. The van der Waals surface area contributed by atoms with Gasteiger partial charge in [-0.15, -0.1) is 0 Å². The van der Waals surface area contributed by atoms with Crippen LogP contribution in [0.2, 0.25) is 18.1 Å². The average Bonchev–Trinajstić information content (AvgIpc) is 2.74. The van der Waals surface area contributed by atoms with Crippen LogP contribution in [0.15, 0.2) is 42.5 Å². The Morgan fingerprint density at radius 3 is 2.20 bits per heavy atom. The third-order valence-corrected chi connectivity index (χ3v) is 10.9. The zero-order valence-electron chi connectivity index (χ0n) is 13.2. The van der Waals surface area contributed by atoms with Gasteiger partial charge in [0.2, 0.25) is 0 Å². The van der Waals surface area contributed by atoms with E-state index >= 15 is 0 Å². The zero-order valence-corrected chi connectivity index (χ0v) is 14.2. The second-order valence-electron chi connectivity index (χ2n) is 7.58. The fourth-order valence-electron chi connectivity index (χ4n) is 2.97. The maximum absolute atomic E-state index is 2.50. The summed E-state index contributed by atoms with van der Waals surface area (Å²) in [6.07, 6.45) is 1.11. The lowest BCUT2D eigenvalue weighted by Crippen LogP contribution is -2.49. The molecule has 104 valence electrons. The molecule has 0 unspecified atom stereocenters. The van der Waals surface area contributed by atoms with E-state index in [4.69, 9.17) is 0 Å². The smallest absolute Gasteiger partial charge is 0.0651 e. The Kier molecular flexibility index (Phi) is 2.95. The van der Waals surface area contributed by atoms with E-state index in [2.05, 4.69) is 76.3 Å². The van der Waals surface area contributed by atoms with E-state index in [0.717, 1.165) is 6.42 Å². The first-order valence-electron chi connectivity index (χ1n) is 7.52. The quantitative estimate of drug-likeness (QED) is 0.552. The number of rotatable bonds is 1. The molecular weight excluding hydrogens is 256 g/mol. The summed E-state index contributed by atoms with van der Waals surface area (Å²) in [4.78, 5) is 0. The van der Waals surface area contributed by atoms with E-state index in [0.29, 0.717) is 5.04 Å². The normalized spacial score (nSPS) is 14.1. The molecule has 0 aromatic heterocycles. The van der Waals surface area contributed by atoms with Crippen molar-refractivity contribution in [3.05, 3.63) is 53.6 Å². The van der Waals surface area contributed by atoms with Gasteiger partial charge in [0.1, 0.15) is 0 Å². The SMILES string of the molecule is CC(C)(C)[Si](C)(C)c1ccc2c(c1)Cc1ccccc1-2. The minimum atomic E-state index is -1.43. The highest BCUT2D eigenvalue weighted by Crippen LogP contribution is 2.39. The van der Waals surface area contributed by atoms with Gasteiger partial charge in [-0.3, -0.25) is 0 Å². The molecular formula is C19H24Si. The number of benzene rings is 2. The highest BCUT2D eigenvalue weighted by molar-refractivity contribution is 6.92. The molecule has 0 bridgehead atoms. The first-order chi connectivity index (χ1) is 9.30. The van der Waals surface area contributed by atoms with Crippen molar-refractivity contribution in [1.29, 1.82) is 0 Å². The van der Waals surface area contributed by atoms with Crippen molar-refractivity contribution in [3.8, 4) is 11.1 Å². The summed E-state index contributed by atoms with van der Waals surface area (Å²) in [7, 11) is -1.43. The molecule has 0 heterocycles. The molecule has 0 atom stereocenters. The summed E-state index contributed by atoms with van der Waals surface area (Å²) in [6, 6.07) is 16.1. The van der Waals surface area contributed by atoms with Gasteiger partial charge in [-0.25, -0.2) is 0 Å². The molecule has 0 saturated carbocycles. The van der Waals surface area contributed by atoms with Gasteiger partial charge in [0.15, 0.2) is 0 Å². The molecule has 0 fully saturated rings.